The van der Waals surface area contributed by atoms with Crippen molar-refractivity contribution in [2.75, 3.05) is 6.61 Å². The summed E-state index contributed by atoms with van der Waals surface area (Å²) in [6, 6.07) is 18.5. The standard InChI is InChI=1S/C17H19NO3/c18-16(13-20-11-14-7-3-1-4-8-14)17(19)21-12-15-9-5-2-6-10-15/h1-10,16H,11-13,18H2/t16-/m1/s1. The normalized spacial score (nSPS) is 11.9. The highest BCUT2D eigenvalue weighted by atomic mass is 16.5. The Morgan fingerprint density at radius 3 is 2.00 bits per heavy atom. The van der Waals surface area contributed by atoms with Crippen LogP contribution in [0.5, 0.6) is 0 Å². The van der Waals surface area contributed by atoms with Gasteiger partial charge in [-0.05, 0) is 11.1 Å². The van der Waals surface area contributed by atoms with Gasteiger partial charge >= 0.3 is 5.97 Å². The molecule has 0 aromatic heterocycles. The van der Waals surface area contributed by atoms with Gasteiger partial charge in [0.1, 0.15) is 12.6 Å². The van der Waals surface area contributed by atoms with E-state index in [-0.39, 0.29) is 13.2 Å². The third-order valence-electron chi connectivity index (χ3n) is 2.94. The molecule has 0 bridgehead atoms. The summed E-state index contributed by atoms with van der Waals surface area (Å²) in [5.74, 6) is -0.452. The molecule has 0 amide bonds. The van der Waals surface area contributed by atoms with Crippen LogP contribution in [0.4, 0.5) is 0 Å². The largest absolute Gasteiger partial charge is 0.460 e. The molecule has 1 atom stereocenters. The zero-order valence-corrected chi connectivity index (χ0v) is 11.8. The van der Waals surface area contributed by atoms with Gasteiger partial charge in [-0.3, -0.25) is 4.79 Å². The molecule has 2 N–H and O–H groups in total. The van der Waals surface area contributed by atoms with Crippen LogP contribution < -0.4 is 5.73 Å². The second-order valence-electron chi connectivity index (χ2n) is 4.70. The molecule has 0 saturated carbocycles. The van der Waals surface area contributed by atoms with Gasteiger partial charge in [0, 0.05) is 0 Å². The van der Waals surface area contributed by atoms with E-state index in [0.717, 1.165) is 11.1 Å². The van der Waals surface area contributed by atoms with Gasteiger partial charge in [0.25, 0.3) is 0 Å². The number of rotatable bonds is 7. The van der Waals surface area contributed by atoms with E-state index >= 15 is 0 Å². The summed E-state index contributed by atoms with van der Waals surface area (Å²) in [5, 5.41) is 0. The summed E-state index contributed by atoms with van der Waals surface area (Å²) in [7, 11) is 0. The molecule has 21 heavy (non-hydrogen) atoms. The number of carbonyl (C=O) groups is 1. The minimum atomic E-state index is -0.766. The zero-order valence-electron chi connectivity index (χ0n) is 11.8. The SMILES string of the molecule is N[C@H](COCc1ccccc1)C(=O)OCc1ccccc1. The maximum absolute atomic E-state index is 11.7. The summed E-state index contributed by atoms with van der Waals surface area (Å²) in [6.45, 7) is 0.801. The molecule has 4 heteroatoms. The summed E-state index contributed by atoms with van der Waals surface area (Å²) in [5.41, 5.74) is 7.72. The number of benzene rings is 2. The Labute approximate surface area is 124 Å². The summed E-state index contributed by atoms with van der Waals surface area (Å²) >= 11 is 0. The second kappa shape index (κ2) is 8.19. The molecule has 0 heterocycles. The molecule has 110 valence electrons. The Bertz CT molecular complexity index is 542. The maximum atomic E-state index is 11.7. The van der Waals surface area contributed by atoms with Gasteiger partial charge in [0.15, 0.2) is 0 Å². The monoisotopic (exact) mass is 285 g/mol. The molecule has 0 aliphatic rings. The summed E-state index contributed by atoms with van der Waals surface area (Å²) in [4.78, 5) is 11.7. The molecule has 0 fully saturated rings. The minimum absolute atomic E-state index is 0.141. The number of carbonyl (C=O) groups excluding carboxylic acids is 1. The van der Waals surface area contributed by atoms with Crippen molar-refractivity contribution in [2.45, 2.75) is 19.3 Å². The smallest absolute Gasteiger partial charge is 0.325 e. The fourth-order valence-electron chi connectivity index (χ4n) is 1.78. The van der Waals surface area contributed by atoms with Crippen molar-refractivity contribution in [3.8, 4) is 0 Å². The molecule has 0 aliphatic heterocycles. The average molecular weight is 285 g/mol. The van der Waals surface area contributed by atoms with E-state index in [9.17, 15) is 4.79 Å². The van der Waals surface area contributed by atoms with Gasteiger partial charge in [-0.2, -0.15) is 0 Å². The summed E-state index contributed by atoms with van der Waals surface area (Å²) < 4.78 is 10.6. The van der Waals surface area contributed by atoms with E-state index in [0.29, 0.717) is 6.61 Å². The van der Waals surface area contributed by atoms with Crippen LogP contribution in [-0.2, 0) is 27.5 Å². The maximum Gasteiger partial charge on any atom is 0.325 e. The molecule has 2 aromatic rings. The van der Waals surface area contributed by atoms with Gasteiger partial charge in [0.2, 0.25) is 0 Å². The van der Waals surface area contributed by atoms with Crippen LogP contribution in [0.25, 0.3) is 0 Å². The fourth-order valence-corrected chi connectivity index (χ4v) is 1.78. The van der Waals surface area contributed by atoms with Crippen molar-refractivity contribution in [3.63, 3.8) is 0 Å². The lowest BCUT2D eigenvalue weighted by Crippen LogP contribution is -2.36. The Hall–Kier alpha value is -2.17. The van der Waals surface area contributed by atoms with Crippen LogP contribution in [0.2, 0.25) is 0 Å². The molecule has 0 aliphatic carbocycles. The van der Waals surface area contributed by atoms with E-state index in [1.165, 1.54) is 0 Å². The first-order chi connectivity index (χ1) is 10.3. The predicted octanol–water partition coefficient (Wildman–Crippen LogP) is 2.27. The van der Waals surface area contributed by atoms with E-state index < -0.39 is 12.0 Å². The number of hydrogen-bond acceptors (Lipinski definition) is 4. The average Bonchev–Trinajstić information content (AvgIpc) is 2.54. The zero-order chi connectivity index (χ0) is 14.9. The molecule has 0 unspecified atom stereocenters. The van der Waals surface area contributed by atoms with Gasteiger partial charge in [0.05, 0.1) is 13.2 Å². The van der Waals surface area contributed by atoms with Gasteiger partial charge in [-0.1, -0.05) is 60.7 Å². The van der Waals surface area contributed by atoms with Crippen molar-refractivity contribution >= 4 is 5.97 Å². The highest BCUT2D eigenvalue weighted by Crippen LogP contribution is 2.03. The van der Waals surface area contributed by atoms with Crippen LogP contribution in [0.1, 0.15) is 11.1 Å². The first kappa shape index (κ1) is 15.2. The number of hydrogen-bond donors (Lipinski definition) is 1. The van der Waals surface area contributed by atoms with E-state index in [4.69, 9.17) is 15.2 Å². The first-order valence-corrected chi connectivity index (χ1v) is 6.83. The van der Waals surface area contributed by atoms with Crippen LogP contribution in [0.3, 0.4) is 0 Å². The van der Waals surface area contributed by atoms with Crippen molar-refractivity contribution in [1.82, 2.24) is 0 Å². The lowest BCUT2D eigenvalue weighted by Gasteiger charge is -2.12. The number of nitrogens with two attached hydrogens (primary N) is 1. The van der Waals surface area contributed by atoms with Gasteiger partial charge in [-0.15, -0.1) is 0 Å². The van der Waals surface area contributed by atoms with Gasteiger partial charge < -0.3 is 15.2 Å². The number of esters is 1. The van der Waals surface area contributed by atoms with E-state index in [2.05, 4.69) is 0 Å². The van der Waals surface area contributed by atoms with Crippen molar-refractivity contribution in [3.05, 3.63) is 71.8 Å². The highest BCUT2D eigenvalue weighted by Gasteiger charge is 2.15. The molecular weight excluding hydrogens is 266 g/mol. The molecule has 0 spiro atoms. The molecule has 0 saturated heterocycles. The fraction of sp³-hybridized carbons (Fsp3) is 0.235. The van der Waals surface area contributed by atoms with Crippen LogP contribution in [0, 0.1) is 0 Å². The predicted molar refractivity (Wildman–Crippen MR) is 80.3 cm³/mol. The summed E-state index contributed by atoms with van der Waals surface area (Å²) in [6.07, 6.45) is 0. The van der Waals surface area contributed by atoms with Crippen LogP contribution in [-0.4, -0.2) is 18.6 Å². The lowest BCUT2D eigenvalue weighted by atomic mass is 10.2. The molecule has 2 aromatic carbocycles. The minimum Gasteiger partial charge on any atom is -0.460 e. The number of ether oxygens (including phenoxy) is 2. The quantitative estimate of drug-likeness (QED) is 0.793. The topological polar surface area (TPSA) is 61.5 Å². The van der Waals surface area contributed by atoms with Crippen LogP contribution in [0.15, 0.2) is 60.7 Å². The van der Waals surface area contributed by atoms with Crippen molar-refractivity contribution in [1.29, 1.82) is 0 Å². The molecular formula is C17H19NO3. The third-order valence-corrected chi connectivity index (χ3v) is 2.94. The van der Waals surface area contributed by atoms with Gasteiger partial charge in [-0.25, -0.2) is 0 Å². The van der Waals surface area contributed by atoms with Crippen LogP contribution >= 0.6 is 0 Å². The van der Waals surface area contributed by atoms with Crippen molar-refractivity contribution in [2.24, 2.45) is 5.73 Å². The molecule has 0 radical (unpaired) electrons. The Balaban J connectivity index is 1.68. The Morgan fingerprint density at radius 2 is 1.43 bits per heavy atom. The molecule has 4 nitrogen and oxygen atoms in total. The Kier molecular flexibility index (Phi) is 5.94. The third kappa shape index (κ3) is 5.38. The second-order valence-corrected chi connectivity index (χ2v) is 4.70. The lowest BCUT2D eigenvalue weighted by molar-refractivity contribution is -0.148. The van der Waals surface area contributed by atoms with E-state index in [1.54, 1.807) is 0 Å². The van der Waals surface area contributed by atoms with Crippen molar-refractivity contribution < 1.29 is 14.3 Å². The Morgan fingerprint density at radius 1 is 0.905 bits per heavy atom. The van der Waals surface area contributed by atoms with E-state index in [1.807, 2.05) is 60.7 Å². The highest BCUT2D eigenvalue weighted by molar-refractivity contribution is 5.75. The first-order valence-electron chi connectivity index (χ1n) is 6.83. The molecule has 2 rings (SSSR count).